The maximum absolute atomic E-state index is 6.59. The first kappa shape index (κ1) is 21.6. The van der Waals surface area contributed by atoms with E-state index in [9.17, 15) is 0 Å². The quantitative estimate of drug-likeness (QED) is 0.230. The first-order valence-corrected chi connectivity index (χ1v) is 13.6. The Morgan fingerprint density at radius 3 is 1.45 bits per heavy atom. The van der Waals surface area contributed by atoms with Crippen LogP contribution in [0.25, 0.3) is 66.1 Å². The normalized spacial score (nSPS) is 12.4. The highest BCUT2D eigenvalue weighted by atomic mass is 16.5. The van der Waals surface area contributed by atoms with Gasteiger partial charge < -0.3 is 9.47 Å². The maximum Gasteiger partial charge on any atom is 0.136 e. The summed E-state index contributed by atoms with van der Waals surface area (Å²) in [5.74, 6) is 3.50. The molecule has 40 heavy (non-hydrogen) atoms. The van der Waals surface area contributed by atoms with E-state index in [0.717, 1.165) is 56.0 Å². The van der Waals surface area contributed by atoms with Crippen molar-refractivity contribution in [3.63, 3.8) is 0 Å². The van der Waals surface area contributed by atoms with Crippen LogP contribution in [0.15, 0.2) is 133 Å². The van der Waals surface area contributed by atoms with E-state index < -0.39 is 0 Å². The number of hydrogen-bond acceptors (Lipinski definition) is 2. The molecule has 0 saturated carbocycles. The van der Waals surface area contributed by atoms with Crippen molar-refractivity contribution in [2.24, 2.45) is 0 Å². The molecule has 0 bridgehead atoms. The fraction of sp³-hybridized carbons (Fsp3) is 0. The van der Waals surface area contributed by atoms with E-state index in [4.69, 9.17) is 9.47 Å². The SMILES string of the molecule is c1ccc(-c2ccc3c(c2)Oc2ccc4c5c(ccc-3c25)-c2ccc(-c3ccc5ccccc5c3)cc2O4)cc1. The fourth-order valence-corrected chi connectivity index (χ4v) is 6.31. The molecular weight excluding hydrogens is 488 g/mol. The van der Waals surface area contributed by atoms with Gasteiger partial charge in [0, 0.05) is 21.9 Å². The van der Waals surface area contributed by atoms with E-state index in [0.29, 0.717) is 0 Å². The van der Waals surface area contributed by atoms with Crippen molar-refractivity contribution in [2.75, 3.05) is 0 Å². The Morgan fingerprint density at radius 1 is 0.300 bits per heavy atom. The molecule has 2 heterocycles. The molecule has 2 heteroatoms. The molecule has 9 rings (SSSR count). The van der Waals surface area contributed by atoms with E-state index in [1.54, 1.807) is 0 Å². The van der Waals surface area contributed by atoms with Crippen molar-refractivity contribution in [2.45, 2.75) is 0 Å². The van der Waals surface area contributed by atoms with Crippen LogP contribution in [0.2, 0.25) is 0 Å². The summed E-state index contributed by atoms with van der Waals surface area (Å²) in [6.45, 7) is 0. The second-order valence-electron chi connectivity index (χ2n) is 10.5. The molecule has 0 radical (unpaired) electrons. The van der Waals surface area contributed by atoms with Crippen molar-refractivity contribution in [3.05, 3.63) is 133 Å². The topological polar surface area (TPSA) is 18.5 Å². The summed E-state index contributed by atoms with van der Waals surface area (Å²) < 4.78 is 13.1. The van der Waals surface area contributed by atoms with Gasteiger partial charge in [-0.25, -0.2) is 0 Å². The van der Waals surface area contributed by atoms with Gasteiger partial charge in [0.25, 0.3) is 0 Å². The van der Waals surface area contributed by atoms with Crippen LogP contribution in [-0.4, -0.2) is 0 Å². The molecule has 2 aliphatic rings. The average Bonchev–Trinajstić information content (AvgIpc) is 3.02. The Bertz CT molecular complexity index is 2160. The van der Waals surface area contributed by atoms with Crippen LogP contribution < -0.4 is 9.47 Å². The Hall–Kier alpha value is -5.34. The second-order valence-corrected chi connectivity index (χ2v) is 10.5. The molecule has 0 spiro atoms. The third-order valence-corrected chi connectivity index (χ3v) is 8.26. The van der Waals surface area contributed by atoms with Gasteiger partial charge >= 0.3 is 0 Å². The van der Waals surface area contributed by atoms with Gasteiger partial charge in [0.2, 0.25) is 0 Å². The molecule has 7 aromatic rings. The number of fused-ring (bicyclic) bond motifs is 5. The Balaban J connectivity index is 1.17. The van der Waals surface area contributed by atoms with E-state index >= 15 is 0 Å². The van der Waals surface area contributed by atoms with Crippen molar-refractivity contribution < 1.29 is 9.47 Å². The van der Waals surface area contributed by atoms with E-state index in [2.05, 4.69) is 115 Å². The standard InChI is InChI=1S/C38H22O2/c1-2-6-23(7-3-1)27-12-14-29-31-16-17-32-30-15-13-28(26-11-10-24-8-4-5-9-25(24)20-26)22-36(30)40-34-19-18-33(37(31)38(32)34)39-35(29)21-27/h1-22H. The highest BCUT2D eigenvalue weighted by Crippen LogP contribution is 2.55. The monoisotopic (exact) mass is 510 g/mol. The van der Waals surface area contributed by atoms with Gasteiger partial charge in [0.05, 0.1) is 0 Å². The molecule has 2 nitrogen and oxygen atoms in total. The van der Waals surface area contributed by atoms with Gasteiger partial charge in [-0.1, -0.05) is 91.0 Å². The van der Waals surface area contributed by atoms with Crippen LogP contribution >= 0.6 is 0 Å². The third-order valence-electron chi connectivity index (χ3n) is 8.26. The maximum atomic E-state index is 6.59. The molecule has 0 atom stereocenters. The number of benzene rings is 7. The number of rotatable bonds is 2. The lowest BCUT2D eigenvalue weighted by atomic mass is 9.87. The summed E-state index contributed by atoms with van der Waals surface area (Å²) in [6, 6.07) is 47.1. The molecule has 0 fully saturated rings. The van der Waals surface area contributed by atoms with Gasteiger partial charge in [-0.15, -0.1) is 0 Å². The molecule has 0 amide bonds. The zero-order chi connectivity index (χ0) is 26.2. The van der Waals surface area contributed by atoms with Crippen LogP contribution in [0.5, 0.6) is 23.0 Å². The summed E-state index contributed by atoms with van der Waals surface area (Å²) in [7, 11) is 0. The lowest BCUT2D eigenvalue weighted by Crippen LogP contribution is -2.02. The lowest BCUT2D eigenvalue weighted by molar-refractivity contribution is 0.475. The first-order valence-electron chi connectivity index (χ1n) is 13.6. The van der Waals surface area contributed by atoms with Crippen LogP contribution in [0.4, 0.5) is 0 Å². The smallest absolute Gasteiger partial charge is 0.136 e. The largest absolute Gasteiger partial charge is 0.456 e. The van der Waals surface area contributed by atoms with Crippen molar-refractivity contribution >= 4 is 21.5 Å². The van der Waals surface area contributed by atoms with Gasteiger partial charge in [-0.05, 0) is 86.6 Å². The number of ether oxygens (including phenoxy) is 2. The van der Waals surface area contributed by atoms with Crippen molar-refractivity contribution in [1.29, 1.82) is 0 Å². The van der Waals surface area contributed by atoms with Crippen molar-refractivity contribution in [3.8, 4) is 67.5 Å². The lowest BCUT2D eigenvalue weighted by Gasteiger charge is -2.27. The molecular formula is C38H22O2. The first-order chi connectivity index (χ1) is 19.8. The van der Waals surface area contributed by atoms with Crippen LogP contribution in [0.1, 0.15) is 0 Å². The summed E-state index contributed by atoms with van der Waals surface area (Å²) in [5, 5.41) is 4.70. The zero-order valence-corrected chi connectivity index (χ0v) is 21.5. The predicted molar refractivity (Wildman–Crippen MR) is 163 cm³/mol. The summed E-state index contributed by atoms with van der Waals surface area (Å²) in [4.78, 5) is 0. The molecule has 0 aliphatic carbocycles. The van der Waals surface area contributed by atoms with Gasteiger partial charge in [-0.3, -0.25) is 0 Å². The molecule has 0 unspecified atom stereocenters. The van der Waals surface area contributed by atoms with E-state index in [1.165, 1.54) is 33.0 Å². The molecule has 0 N–H and O–H groups in total. The molecule has 186 valence electrons. The fourth-order valence-electron chi connectivity index (χ4n) is 6.31. The second kappa shape index (κ2) is 8.08. The van der Waals surface area contributed by atoms with E-state index in [1.807, 2.05) is 18.2 Å². The van der Waals surface area contributed by atoms with Gasteiger partial charge in [0.15, 0.2) is 0 Å². The Kier molecular flexibility index (Phi) is 4.36. The number of hydrogen-bond donors (Lipinski definition) is 0. The highest BCUT2D eigenvalue weighted by molar-refractivity contribution is 6.14. The Morgan fingerprint density at radius 2 is 0.800 bits per heavy atom. The van der Waals surface area contributed by atoms with Gasteiger partial charge in [0.1, 0.15) is 23.0 Å². The summed E-state index contributed by atoms with van der Waals surface area (Å²) >= 11 is 0. The molecule has 0 saturated heterocycles. The summed E-state index contributed by atoms with van der Waals surface area (Å²) in [5.41, 5.74) is 9.21. The molecule has 0 aromatic heterocycles. The molecule has 7 aromatic carbocycles. The van der Waals surface area contributed by atoms with Gasteiger partial charge in [-0.2, -0.15) is 0 Å². The van der Waals surface area contributed by atoms with Crippen LogP contribution in [-0.2, 0) is 0 Å². The minimum Gasteiger partial charge on any atom is -0.456 e. The van der Waals surface area contributed by atoms with Crippen LogP contribution in [0, 0.1) is 0 Å². The molecule has 2 aliphatic heterocycles. The minimum absolute atomic E-state index is 0.867. The van der Waals surface area contributed by atoms with Crippen LogP contribution in [0.3, 0.4) is 0 Å². The minimum atomic E-state index is 0.867. The van der Waals surface area contributed by atoms with Crippen molar-refractivity contribution in [1.82, 2.24) is 0 Å². The highest BCUT2D eigenvalue weighted by Gasteiger charge is 2.28. The third kappa shape index (κ3) is 3.11. The van der Waals surface area contributed by atoms with E-state index in [-0.39, 0.29) is 0 Å². The Labute approximate surface area is 231 Å². The zero-order valence-electron chi connectivity index (χ0n) is 21.5. The summed E-state index contributed by atoms with van der Waals surface area (Å²) in [6.07, 6.45) is 0. The average molecular weight is 511 g/mol. The predicted octanol–water partition coefficient (Wildman–Crippen LogP) is 10.9.